The Morgan fingerprint density at radius 3 is 2.36 bits per heavy atom. The molecule has 0 aliphatic rings. The lowest BCUT2D eigenvalue weighted by atomic mass is 10.5. The zero-order chi connectivity index (χ0) is 10.1. The minimum absolute atomic E-state index is 0.412. The number of rotatable bonds is 1. The average molecular weight is 208 g/mol. The van der Waals surface area contributed by atoms with E-state index in [1.165, 1.54) is 6.20 Å². The molecule has 0 radical (unpaired) electrons. The molecular weight excluding hydrogens is 198 g/mol. The second kappa shape index (κ2) is 3.42. The molecule has 0 N–H and O–H groups in total. The van der Waals surface area contributed by atoms with E-state index in [9.17, 15) is 0 Å². The summed E-state index contributed by atoms with van der Waals surface area (Å²) in [6.07, 6.45) is 3.23. The lowest BCUT2D eigenvalue weighted by molar-refractivity contribution is 0.909. The highest BCUT2D eigenvalue weighted by molar-refractivity contribution is 6.29. The Hall–Kier alpha value is -1.35. The number of halogens is 1. The van der Waals surface area contributed by atoms with E-state index in [1.54, 1.807) is 6.20 Å². The van der Waals surface area contributed by atoms with Crippen LogP contribution in [0.4, 0.5) is 0 Å². The maximum atomic E-state index is 5.78. The molecule has 2 aromatic heterocycles. The van der Waals surface area contributed by atoms with Gasteiger partial charge in [-0.1, -0.05) is 11.6 Å². The number of aryl methyl sites for hydroxylation is 2. The van der Waals surface area contributed by atoms with Crippen LogP contribution in [0.5, 0.6) is 0 Å². The van der Waals surface area contributed by atoms with E-state index < -0.39 is 0 Å². The van der Waals surface area contributed by atoms with Crippen LogP contribution in [0.3, 0.4) is 0 Å². The third-order valence-corrected chi connectivity index (χ3v) is 2.27. The molecule has 4 heteroatoms. The van der Waals surface area contributed by atoms with Gasteiger partial charge >= 0.3 is 0 Å². The number of aromatic nitrogens is 3. The molecule has 14 heavy (non-hydrogen) atoms. The van der Waals surface area contributed by atoms with E-state index in [2.05, 4.69) is 9.97 Å². The second-order valence-electron chi connectivity index (χ2n) is 3.15. The van der Waals surface area contributed by atoms with Crippen LogP contribution in [0.1, 0.15) is 11.4 Å². The Bertz CT molecular complexity index is 443. The minimum Gasteiger partial charge on any atom is -0.302 e. The fraction of sp³-hybridized carbons (Fsp3) is 0.200. The normalized spacial score (nSPS) is 10.5. The van der Waals surface area contributed by atoms with Crippen molar-refractivity contribution in [3.05, 3.63) is 41.1 Å². The van der Waals surface area contributed by atoms with E-state index >= 15 is 0 Å². The van der Waals surface area contributed by atoms with Gasteiger partial charge in [-0.3, -0.25) is 4.98 Å². The van der Waals surface area contributed by atoms with Crippen molar-refractivity contribution in [2.75, 3.05) is 0 Å². The Morgan fingerprint density at radius 1 is 1.14 bits per heavy atom. The van der Waals surface area contributed by atoms with Crippen molar-refractivity contribution in [1.82, 2.24) is 14.5 Å². The largest absolute Gasteiger partial charge is 0.302 e. The van der Waals surface area contributed by atoms with Gasteiger partial charge in [0.05, 0.1) is 12.4 Å². The summed E-state index contributed by atoms with van der Waals surface area (Å²) in [5.74, 6) is 0.762. The maximum absolute atomic E-state index is 5.78. The van der Waals surface area contributed by atoms with Gasteiger partial charge < -0.3 is 4.57 Å². The number of nitrogens with zero attached hydrogens (tertiary/aromatic N) is 3. The predicted octanol–water partition coefficient (Wildman–Crippen LogP) is 2.54. The summed E-state index contributed by atoms with van der Waals surface area (Å²) in [4.78, 5) is 8.21. The first-order valence-electron chi connectivity index (χ1n) is 4.31. The quantitative estimate of drug-likeness (QED) is 0.720. The van der Waals surface area contributed by atoms with Crippen molar-refractivity contribution in [3.8, 4) is 5.82 Å². The Kier molecular flexibility index (Phi) is 2.25. The molecular formula is C10H10ClN3. The summed E-state index contributed by atoms with van der Waals surface area (Å²) in [5, 5.41) is 0.412. The standard InChI is InChI=1S/C10H10ClN3/c1-7-3-4-8(2)14(7)10-6-12-5-9(11)13-10/h3-6H,1-2H3. The third-order valence-electron chi connectivity index (χ3n) is 2.09. The number of hydrogen-bond acceptors (Lipinski definition) is 2. The van der Waals surface area contributed by atoms with Crippen LogP contribution < -0.4 is 0 Å². The van der Waals surface area contributed by atoms with Gasteiger partial charge in [0.15, 0.2) is 5.82 Å². The fourth-order valence-electron chi connectivity index (χ4n) is 1.47. The molecule has 0 unspecified atom stereocenters. The fourth-order valence-corrected chi connectivity index (χ4v) is 1.61. The molecule has 0 saturated carbocycles. The maximum Gasteiger partial charge on any atom is 0.157 e. The summed E-state index contributed by atoms with van der Waals surface area (Å²) in [6, 6.07) is 4.08. The lowest BCUT2D eigenvalue weighted by Crippen LogP contribution is -2.01. The van der Waals surface area contributed by atoms with Crippen LogP contribution >= 0.6 is 11.6 Å². The summed E-state index contributed by atoms with van der Waals surface area (Å²) in [5.41, 5.74) is 2.25. The van der Waals surface area contributed by atoms with Gasteiger partial charge in [0, 0.05) is 11.4 Å². The molecule has 0 aliphatic carbocycles. The summed E-state index contributed by atoms with van der Waals surface area (Å²) >= 11 is 5.78. The molecule has 0 amide bonds. The van der Waals surface area contributed by atoms with Gasteiger partial charge in [-0.05, 0) is 26.0 Å². The molecule has 3 nitrogen and oxygen atoms in total. The van der Waals surface area contributed by atoms with Crippen molar-refractivity contribution in [1.29, 1.82) is 0 Å². The van der Waals surface area contributed by atoms with Gasteiger partial charge in [0.1, 0.15) is 5.15 Å². The van der Waals surface area contributed by atoms with E-state index in [0.717, 1.165) is 17.2 Å². The average Bonchev–Trinajstić information content (AvgIpc) is 2.46. The Labute approximate surface area is 87.4 Å². The van der Waals surface area contributed by atoms with Crippen LogP contribution in [-0.4, -0.2) is 14.5 Å². The zero-order valence-corrected chi connectivity index (χ0v) is 8.78. The summed E-state index contributed by atoms with van der Waals surface area (Å²) in [6.45, 7) is 4.05. The van der Waals surface area contributed by atoms with E-state index in [1.807, 2.05) is 30.5 Å². The van der Waals surface area contributed by atoms with Gasteiger partial charge in [0.25, 0.3) is 0 Å². The topological polar surface area (TPSA) is 30.7 Å². The van der Waals surface area contributed by atoms with Crippen molar-refractivity contribution in [2.24, 2.45) is 0 Å². The zero-order valence-electron chi connectivity index (χ0n) is 8.03. The summed E-state index contributed by atoms with van der Waals surface area (Å²) < 4.78 is 2.01. The van der Waals surface area contributed by atoms with Gasteiger partial charge in [-0.15, -0.1) is 0 Å². The minimum atomic E-state index is 0.412. The highest BCUT2D eigenvalue weighted by atomic mass is 35.5. The Morgan fingerprint density at radius 2 is 1.79 bits per heavy atom. The lowest BCUT2D eigenvalue weighted by Gasteiger charge is -2.07. The molecule has 0 saturated heterocycles. The van der Waals surface area contributed by atoms with Crippen LogP contribution in [0.15, 0.2) is 24.5 Å². The highest BCUT2D eigenvalue weighted by Gasteiger charge is 2.05. The van der Waals surface area contributed by atoms with Crippen LogP contribution in [0, 0.1) is 13.8 Å². The molecule has 2 heterocycles. The molecule has 72 valence electrons. The molecule has 0 atom stereocenters. The second-order valence-corrected chi connectivity index (χ2v) is 3.54. The molecule has 2 aromatic rings. The molecule has 0 bridgehead atoms. The van der Waals surface area contributed by atoms with Crippen LogP contribution in [0.25, 0.3) is 5.82 Å². The van der Waals surface area contributed by atoms with Crippen molar-refractivity contribution in [2.45, 2.75) is 13.8 Å². The van der Waals surface area contributed by atoms with Gasteiger partial charge in [-0.2, -0.15) is 0 Å². The smallest absolute Gasteiger partial charge is 0.157 e. The van der Waals surface area contributed by atoms with E-state index in [-0.39, 0.29) is 0 Å². The molecule has 0 spiro atoms. The van der Waals surface area contributed by atoms with Crippen molar-refractivity contribution in [3.63, 3.8) is 0 Å². The monoisotopic (exact) mass is 207 g/mol. The van der Waals surface area contributed by atoms with E-state index in [4.69, 9.17) is 11.6 Å². The summed E-state index contributed by atoms with van der Waals surface area (Å²) in [7, 11) is 0. The molecule has 0 aliphatic heterocycles. The van der Waals surface area contributed by atoms with Gasteiger partial charge in [-0.25, -0.2) is 4.98 Å². The van der Waals surface area contributed by atoms with Gasteiger partial charge in [0.2, 0.25) is 0 Å². The molecule has 0 fully saturated rings. The molecule has 2 rings (SSSR count). The highest BCUT2D eigenvalue weighted by Crippen LogP contribution is 2.14. The van der Waals surface area contributed by atoms with Crippen LogP contribution in [-0.2, 0) is 0 Å². The first-order chi connectivity index (χ1) is 6.68. The first kappa shape index (κ1) is 9.21. The number of hydrogen-bond donors (Lipinski definition) is 0. The first-order valence-corrected chi connectivity index (χ1v) is 4.69. The molecule has 0 aromatic carbocycles. The SMILES string of the molecule is Cc1ccc(C)n1-c1cncc(Cl)n1. The van der Waals surface area contributed by atoms with Crippen molar-refractivity contribution < 1.29 is 0 Å². The van der Waals surface area contributed by atoms with E-state index in [0.29, 0.717) is 5.15 Å². The predicted molar refractivity (Wildman–Crippen MR) is 55.8 cm³/mol. The third kappa shape index (κ3) is 1.51. The Balaban J connectivity index is 2.59. The van der Waals surface area contributed by atoms with Crippen LogP contribution in [0.2, 0.25) is 5.15 Å². The van der Waals surface area contributed by atoms with Crippen molar-refractivity contribution >= 4 is 11.6 Å².